The lowest BCUT2D eigenvalue weighted by Gasteiger charge is -2.25. The first-order chi connectivity index (χ1) is 17.9. The first kappa shape index (κ1) is 24.2. The van der Waals surface area contributed by atoms with Gasteiger partial charge in [0.1, 0.15) is 17.3 Å². The normalized spacial score (nSPS) is 16.9. The number of aromatic nitrogens is 1. The molecule has 1 saturated heterocycles. The van der Waals surface area contributed by atoms with Crippen LogP contribution >= 0.6 is 0 Å². The Morgan fingerprint density at radius 3 is 2.43 bits per heavy atom. The van der Waals surface area contributed by atoms with E-state index in [9.17, 15) is 14.7 Å². The zero-order chi connectivity index (χ0) is 26.1. The van der Waals surface area contributed by atoms with Gasteiger partial charge in [-0.3, -0.25) is 9.59 Å². The van der Waals surface area contributed by atoms with Gasteiger partial charge in [-0.1, -0.05) is 42.0 Å². The third-order valence-corrected chi connectivity index (χ3v) is 6.87. The van der Waals surface area contributed by atoms with Gasteiger partial charge >= 0.3 is 0 Å². The molecule has 1 amide bonds. The van der Waals surface area contributed by atoms with Crippen LogP contribution in [0.15, 0.2) is 78.5 Å². The van der Waals surface area contributed by atoms with Crippen molar-refractivity contribution in [1.29, 1.82) is 0 Å². The molecule has 1 atom stereocenters. The second kappa shape index (κ2) is 9.85. The number of carbonyl (C=O) groups excluding carboxylic acids is 2. The number of ether oxygens (including phenoxy) is 2. The number of carbonyl (C=O) groups is 2. The second-order valence-electron chi connectivity index (χ2n) is 9.11. The quantitative estimate of drug-likeness (QED) is 0.210. The van der Waals surface area contributed by atoms with Crippen LogP contribution in [-0.4, -0.2) is 47.4 Å². The van der Waals surface area contributed by atoms with Gasteiger partial charge in [-0.2, -0.15) is 0 Å². The number of aliphatic hydroxyl groups excluding tert-OH is 1. The molecule has 7 heteroatoms. The fourth-order valence-electron chi connectivity index (χ4n) is 4.87. The molecule has 0 spiro atoms. The molecule has 1 aliphatic rings. The Bertz CT molecular complexity index is 1520. The predicted octanol–water partition coefficient (Wildman–Crippen LogP) is 5.16. The molecule has 1 fully saturated rings. The monoisotopic (exact) mass is 496 g/mol. The minimum Gasteiger partial charge on any atom is -0.507 e. The van der Waals surface area contributed by atoms with Crippen molar-refractivity contribution in [2.24, 2.45) is 0 Å². The van der Waals surface area contributed by atoms with Crippen molar-refractivity contribution in [3.63, 3.8) is 0 Å². The molecule has 0 unspecified atom stereocenters. The van der Waals surface area contributed by atoms with Gasteiger partial charge in [0.15, 0.2) is 0 Å². The molecular formula is C30H28N2O5. The molecule has 0 aliphatic carbocycles. The van der Waals surface area contributed by atoms with Crippen molar-refractivity contribution in [2.75, 3.05) is 20.8 Å². The number of likely N-dealkylation sites (tertiary alicyclic amines) is 1. The second-order valence-corrected chi connectivity index (χ2v) is 9.11. The molecule has 0 radical (unpaired) electrons. The van der Waals surface area contributed by atoms with Crippen LogP contribution in [0.3, 0.4) is 0 Å². The minimum absolute atomic E-state index is 0.0719. The zero-order valence-electron chi connectivity index (χ0n) is 20.9. The molecule has 0 bridgehead atoms. The topological polar surface area (TPSA) is 91.9 Å². The van der Waals surface area contributed by atoms with Crippen LogP contribution in [0.5, 0.6) is 11.5 Å². The van der Waals surface area contributed by atoms with Gasteiger partial charge in [-0.25, -0.2) is 0 Å². The lowest BCUT2D eigenvalue weighted by Crippen LogP contribution is -2.31. The highest BCUT2D eigenvalue weighted by molar-refractivity contribution is 6.46. The average molecular weight is 497 g/mol. The minimum atomic E-state index is -0.754. The molecule has 1 aromatic heterocycles. The summed E-state index contributed by atoms with van der Waals surface area (Å²) in [5.41, 5.74) is 4.23. The van der Waals surface area contributed by atoms with E-state index in [1.54, 1.807) is 38.5 Å². The third-order valence-electron chi connectivity index (χ3n) is 6.87. The Balaban J connectivity index is 1.56. The van der Waals surface area contributed by atoms with Gasteiger partial charge in [0.2, 0.25) is 0 Å². The Hall–Kier alpha value is -4.52. The highest BCUT2D eigenvalue weighted by Crippen LogP contribution is 2.40. The Kier molecular flexibility index (Phi) is 6.44. The largest absolute Gasteiger partial charge is 0.507 e. The lowest BCUT2D eigenvalue weighted by atomic mass is 9.94. The third kappa shape index (κ3) is 4.44. The van der Waals surface area contributed by atoms with Gasteiger partial charge in [0.05, 0.1) is 25.8 Å². The highest BCUT2D eigenvalue weighted by atomic mass is 16.5. The number of Topliss-reactive ketones (excluding diaryl/α,β-unsaturated/α-hetero) is 1. The van der Waals surface area contributed by atoms with Crippen LogP contribution < -0.4 is 9.47 Å². The van der Waals surface area contributed by atoms with Crippen molar-refractivity contribution < 1.29 is 24.2 Å². The van der Waals surface area contributed by atoms with Crippen LogP contribution in [0, 0.1) is 6.92 Å². The van der Waals surface area contributed by atoms with E-state index in [-0.39, 0.29) is 17.9 Å². The number of ketones is 1. The maximum absolute atomic E-state index is 13.3. The number of rotatable bonds is 7. The van der Waals surface area contributed by atoms with Crippen LogP contribution in [0.4, 0.5) is 0 Å². The number of aryl methyl sites for hydroxylation is 1. The van der Waals surface area contributed by atoms with Crippen LogP contribution in [0.25, 0.3) is 16.7 Å². The maximum Gasteiger partial charge on any atom is 0.295 e. The van der Waals surface area contributed by atoms with Gasteiger partial charge in [-0.05, 0) is 54.8 Å². The Morgan fingerprint density at radius 1 is 0.973 bits per heavy atom. The number of methoxy groups -OCH3 is 2. The molecule has 0 saturated carbocycles. The number of hydrogen-bond donors (Lipinski definition) is 2. The number of aliphatic hydroxyl groups is 1. The number of nitrogens with one attached hydrogen (secondary N) is 1. The van der Waals surface area contributed by atoms with E-state index in [0.717, 1.165) is 27.8 Å². The van der Waals surface area contributed by atoms with E-state index in [4.69, 9.17) is 9.47 Å². The molecule has 7 nitrogen and oxygen atoms in total. The Morgan fingerprint density at radius 2 is 1.70 bits per heavy atom. The summed E-state index contributed by atoms with van der Waals surface area (Å²) < 4.78 is 10.8. The van der Waals surface area contributed by atoms with Crippen molar-refractivity contribution in [3.8, 4) is 11.5 Å². The number of hydrogen-bond acceptors (Lipinski definition) is 5. The smallest absolute Gasteiger partial charge is 0.295 e. The molecule has 188 valence electrons. The summed E-state index contributed by atoms with van der Waals surface area (Å²) in [6.45, 7) is 2.22. The van der Waals surface area contributed by atoms with E-state index in [1.165, 1.54) is 4.90 Å². The highest BCUT2D eigenvalue weighted by Gasteiger charge is 2.46. The van der Waals surface area contributed by atoms with E-state index in [1.807, 2.05) is 55.6 Å². The number of amides is 1. The van der Waals surface area contributed by atoms with Gasteiger partial charge in [0, 0.05) is 29.2 Å². The molecular weight excluding hydrogens is 468 g/mol. The molecule has 5 rings (SSSR count). The average Bonchev–Trinajstić information content (AvgIpc) is 3.44. The van der Waals surface area contributed by atoms with Crippen molar-refractivity contribution in [2.45, 2.75) is 19.4 Å². The van der Waals surface area contributed by atoms with Gasteiger partial charge in [0.25, 0.3) is 11.7 Å². The van der Waals surface area contributed by atoms with E-state index < -0.39 is 17.7 Å². The van der Waals surface area contributed by atoms with E-state index >= 15 is 0 Å². The summed E-state index contributed by atoms with van der Waals surface area (Å²) in [6.07, 6.45) is 2.42. The SMILES string of the molecule is COc1cccc([C@H]2C(=C(O)c3ccc(C)cc3)C(=O)C(=O)N2CCc2c[nH]c3ccc(OC)cc23)c1. The van der Waals surface area contributed by atoms with Crippen molar-refractivity contribution >= 4 is 28.4 Å². The number of benzene rings is 3. The lowest BCUT2D eigenvalue weighted by molar-refractivity contribution is -0.139. The Labute approximate surface area is 214 Å². The van der Waals surface area contributed by atoms with Crippen molar-refractivity contribution in [3.05, 3.63) is 101 Å². The molecule has 1 aliphatic heterocycles. The number of aromatic amines is 1. The van der Waals surface area contributed by atoms with E-state index in [2.05, 4.69) is 4.98 Å². The van der Waals surface area contributed by atoms with Crippen LogP contribution in [0.1, 0.15) is 28.3 Å². The van der Waals surface area contributed by atoms with Crippen molar-refractivity contribution in [1.82, 2.24) is 9.88 Å². The molecule has 3 aromatic carbocycles. The fourth-order valence-corrected chi connectivity index (χ4v) is 4.87. The first-order valence-corrected chi connectivity index (χ1v) is 12.0. The molecule has 37 heavy (non-hydrogen) atoms. The van der Waals surface area contributed by atoms with E-state index in [0.29, 0.717) is 23.3 Å². The van der Waals surface area contributed by atoms with Crippen LogP contribution in [-0.2, 0) is 16.0 Å². The predicted molar refractivity (Wildman–Crippen MR) is 142 cm³/mol. The first-order valence-electron chi connectivity index (χ1n) is 12.0. The summed E-state index contributed by atoms with van der Waals surface area (Å²) in [7, 11) is 3.18. The molecule has 2 heterocycles. The molecule has 2 N–H and O–H groups in total. The zero-order valence-corrected chi connectivity index (χ0v) is 20.9. The van der Waals surface area contributed by atoms with Crippen LogP contribution in [0.2, 0.25) is 0 Å². The summed E-state index contributed by atoms with van der Waals surface area (Å²) in [5.74, 6) is -0.193. The summed E-state index contributed by atoms with van der Waals surface area (Å²) in [6, 6.07) is 19.5. The van der Waals surface area contributed by atoms with Gasteiger partial charge in [-0.15, -0.1) is 0 Å². The maximum atomic E-state index is 13.3. The fraction of sp³-hybridized carbons (Fsp3) is 0.200. The standard InChI is InChI=1S/C30H28N2O5/c1-18-7-9-19(10-8-18)28(33)26-27(20-5-4-6-22(15-20)36-2)32(30(35)29(26)34)14-13-21-17-31-25-12-11-23(37-3)16-24(21)25/h4-12,15-17,27,31,33H,13-14H2,1-3H3/t27-/m0/s1. The number of fused-ring (bicyclic) bond motifs is 1. The number of H-pyrrole nitrogens is 1. The summed E-state index contributed by atoms with van der Waals surface area (Å²) >= 11 is 0. The summed E-state index contributed by atoms with van der Waals surface area (Å²) in [4.78, 5) is 31.5. The molecule has 4 aromatic rings. The number of nitrogens with zero attached hydrogens (tertiary/aromatic N) is 1. The summed E-state index contributed by atoms with van der Waals surface area (Å²) in [5, 5.41) is 12.3. The van der Waals surface area contributed by atoms with Gasteiger partial charge < -0.3 is 24.5 Å².